The number of nitro groups is 1. The van der Waals surface area contributed by atoms with Crippen molar-refractivity contribution in [2.45, 2.75) is 26.5 Å². The second-order valence-electron chi connectivity index (χ2n) is 6.91. The first-order chi connectivity index (χ1) is 15.1. The van der Waals surface area contributed by atoms with Gasteiger partial charge in [-0.3, -0.25) is 19.8 Å². The first kappa shape index (κ1) is 23.0. The van der Waals surface area contributed by atoms with Crippen molar-refractivity contribution in [3.63, 3.8) is 0 Å². The Kier molecular flexibility index (Phi) is 6.63. The van der Waals surface area contributed by atoms with Crippen LogP contribution in [0.3, 0.4) is 0 Å². The predicted molar refractivity (Wildman–Crippen MR) is 114 cm³/mol. The molecule has 12 heteroatoms. The zero-order valence-electron chi connectivity index (χ0n) is 17.2. The fourth-order valence-electron chi connectivity index (χ4n) is 2.88. The lowest BCUT2D eigenvalue weighted by atomic mass is 10.1. The van der Waals surface area contributed by atoms with Gasteiger partial charge < -0.3 is 19.2 Å². The Hall–Kier alpha value is -3.67. The van der Waals surface area contributed by atoms with Gasteiger partial charge in [-0.05, 0) is 59.6 Å². The fraction of sp³-hybridized carbons (Fsp3) is 0.250. The zero-order chi connectivity index (χ0) is 23.6. The molecule has 0 spiro atoms. The highest BCUT2D eigenvalue weighted by Gasteiger charge is 2.34. The third kappa shape index (κ3) is 4.80. The average molecular weight is 508 g/mol. The normalized spacial score (nSPS) is 14.8. The number of imide groups is 1. The van der Waals surface area contributed by atoms with E-state index in [2.05, 4.69) is 26.0 Å². The molecule has 1 saturated heterocycles. The van der Waals surface area contributed by atoms with Crippen LogP contribution < -0.4 is 10.1 Å². The lowest BCUT2D eigenvalue weighted by molar-refractivity contribution is -0.386. The predicted octanol–water partition coefficient (Wildman–Crippen LogP) is 3.62. The van der Waals surface area contributed by atoms with Crippen molar-refractivity contribution >= 4 is 45.6 Å². The number of urea groups is 1. The molecule has 3 amide bonds. The number of carbonyl (C=O) groups excluding carboxylic acids is 3. The molecule has 1 aromatic carbocycles. The Morgan fingerprint density at radius 1 is 1.34 bits per heavy atom. The number of furan rings is 1. The lowest BCUT2D eigenvalue weighted by Crippen LogP contribution is -2.30. The second-order valence-corrected chi connectivity index (χ2v) is 7.77. The Balaban J connectivity index is 1.86. The molecule has 11 nitrogen and oxygen atoms in total. The summed E-state index contributed by atoms with van der Waals surface area (Å²) in [5.41, 5.74) is -0.0656. The van der Waals surface area contributed by atoms with Gasteiger partial charge in [0.25, 0.3) is 5.91 Å². The summed E-state index contributed by atoms with van der Waals surface area (Å²) in [6, 6.07) is 4.89. The molecule has 0 unspecified atom stereocenters. The molecule has 0 aliphatic carbocycles. The van der Waals surface area contributed by atoms with Crippen molar-refractivity contribution in [2.75, 3.05) is 7.11 Å². The number of esters is 1. The Morgan fingerprint density at radius 3 is 2.69 bits per heavy atom. The molecule has 168 valence electrons. The van der Waals surface area contributed by atoms with Crippen molar-refractivity contribution in [3.8, 4) is 5.75 Å². The van der Waals surface area contributed by atoms with Crippen LogP contribution in [0.15, 0.2) is 38.9 Å². The zero-order valence-corrected chi connectivity index (χ0v) is 18.8. The number of nitro benzene ring substituents is 1. The lowest BCUT2D eigenvalue weighted by Gasteiger charge is -2.12. The van der Waals surface area contributed by atoms with Gasteiger partial charge in [0, 0.05) is 6.07 Å². The summed E-state index contributed by atoms with van der Waals surface area (Å²) in [6.07, 6.45) is 1.03. The van der Waals surface area contributed by atoms with Crippen LogP contribution in [0.25, 0.3) is 6.08 Å². The smallest absolute Gasteiger partial charge is 0.373 e. The van der Waals surface area contributed by atoms with Crippen LogP contribution in [0, 0.1) is 10.1 Å². The van der Waals surface area contributed by atoms with Gasteiger partial charge in [0.1, 0.15) is 11.5 Å². The second kappa shape index (κ2) is 9.22. The van der Waals surface area contributed by atoms with Gasteiger partial charge in [-0.2, -0.15) is 0 Å². The maximum atomic E-state index is 12.7. The minimum Gasteiger partial charge on any atom is -0.483 e. The maximum absolute atomic E-state index is 12.7. The number of hydrogen-bond donors (Lipinski definition) is 1. The molecule has 1 fully saturated rings. The first-order valence-electron chi connectivity index (χ1n) is 9.26. The highest BCUT2D eigenvalue weighted by atomic mass is 79.9. The fourth-order valence-corrected chi connectivity index (χ4v) is 3.44. The number of nitrogens with zero attached hydrogens (tertiary/aromatic N) is 2. The van der Waals surface area contributed by atoms with E-state index in [9.17, 15) is 24.5 Å². The van der Waals surface area contributed by atoms with Crippen molar-refractivity contribution in [1.82, 2.24) is 10.2 Å². The van der Waals surface area contributed by atoms with Crippen molar-refractivity contribution < 1.29 is 33.2 Å². The highest BCUT2D eigenvalue weighted by Crippen LogP contribution is 2.37. The molecule has 1 aliphatic rings. The highest BCUT2D eigenvalue weighted by molar-refractivity contribution is 9.10. The largest absolute Gasteiger partial charge is 0.483 e. The summed E-state index contributed by atoms with van der Waals surface area (Å²) in [5.74, 6) is -1.15. The van der Waals surface area contributed by atoms with Gasteiger partial charge in [0.15, 0.2) is 0 Å². The summed E-state index contributed by atoms with van der Waals surface area (Å²) >= 11 is 3.26. The van der Waals surface area contributed by atoms with Gasteiger partial charge in [-0.25, -0.2) is 9.59 Å². The minimum atomic E-state index is -0.703. The first-order valence-corrected chi connectivity index (χ1v) is 10.1. The quantitative estimate of drug-likeness (QED) is 0.197. The Morgan fingerprint density at radius 2 is 2.06 bits per heavy atom. The van der Waals surface area contributed by atoms with E-state index >= 15 is 0 Å². The SMILES string of the molecule is COC(=O)c1ccc(CN2C(=O)N/C(=C\c3cc(Br)c(OC(C)C)c([N+](=O)[O-])c3)C2=O)o1. The third-order valence-electron chi connectivity index (χ3n) is 4.23. The van der Waals surface area contributed by atoms with Crippen LogP contribution in [0.4, 0.5) is 10.5 Å². The van der Waals surface area contributed by atoms with Crippen molar-refractivity contribution in [2.24, 2.45) is 0 Å². The molecule has 1 N–H and O–H groups in total. The van der Waals surface area contributed by atoms with E-state index in [4.69, 9.17) is 9.15 Å². The summed E-state index contributed by atoms with van der Waals surface area (Å²) in [5, 5.41) is 13.9. The van der Waals surface area contributed by atoms with Crippen LogP contribution in [0.1, 0.15) is 35.7 Å². The Bertz CT molecular complexity index is 1140. The summed E-state index contributed by atoms with van der Waals surface area (Å²) in [7, 11) is 1.20. The topological polar surface area (TPSA) is 141 Å². The van der Waals surface area contributed by atoms with Gasteiger partial charge >= 0.3 is 17.7 Å². The number of benzene rings is 1. The van der Waals surface area contributed by atoms with Crippen LogP contribution in [0.5, 0.6) is 5.75 Å². The Labute approximate surface area is 190 Å². The molecule has 2 heterocycles. The minimum absolute atomic E-state index is 0.0637. The molecule has 3 rings (SSSR count). The number of hydrogen-bond acceptors (Lipinski definition) is 8. The van der Waals surface area contributed by atoms with Gasteiger partial charge in [-0.15, -0.1) is 0 Å². The van der Waals surface area contributed by atoms with Gasteiger partial charge in [0.05, 0.1) is 29.2 Å². The molecule has 0 radical (unpaired) electrons. The molecule has 1 aromatic heterocycles. The molecule has 32 heavy (non-hydrogen) atoms. The molecule has 0 saturated carbocycles. The summed E-state index contributed by atoms with van der Waals surface area (Å²) in [6.45, 7) is 3.26. The van der Waals surface area contributed by atoms with Crippen molar-refractivity contribution in [3.05, 3.63) is 61.6 Å². The molecular formula is C20H18BrN3O8. The number of carbonyl (C=O) groups is 3. The van der Waals surface area contributed by atoms with Crippen LogP contribution in [-0.2, 0) is 16.1 Å². The number of ether oxygens (including phenoxy) is 2. The number of methoxy groups -OCH3 is 1. The molecule has 1 aliphatic heterocycles. The molecule has 2 aromatic rings. The van der Waals surface area contributed by atoms with E-state index in [0.717, 1.165) is 4.90 Å². The summed E-state index contributed by atoms with van der Waals surface area (Å²) < 4.78 is 15.7. The molecular weight excluding hydrogens is 490 g/mol. The van der Waals surface area contributed by atoms with E-state index < -0.39 is 22.8 Å². The average Bonchev–Trinajstić information content (AvgIpc) is 3.29. The van der Waals surface area contributed by atoms with E-state index in [1.54, 1.807) is 13.8 Å². The van der Waals surface area contributed by atoms with Crippen LogP contribution in [0.2, 0.25) is 0 Å². The van der Waals surface area contributed by atoms with Gasteiger partial charge in [-0.1, -0.05) is 0 Å². The van der Waals surface area contributed by atoms with E-state index in [1.165, 1.54) is 37.5 Å². The third-order valence-corrected chi connectivity index (χ3v) is 4.82. The number of halogens is 1. The van der Waals surface area contributed by atoms with E-state index in [-0.39, 0.29) is 41.3 Å². The van der Waals surface area contributed by atoms with E-state index in [1.807, 2.05) is 0 Å². The van der Waals surface area contributed by atoms with Crippen LogP contribution >= 0.6 is 15.9 Å². The maximum Gasteiger partial charge on any atom is 0.373 e. The van der Waals surface area contributed by atoms with Crippen molar-refractivity contribution in [1.29, 1.82) is 0 Å². The van der Waals surface area contributed by atoms with Crippen LogP contribution in [-0.4, -0.2) is 40.9 Å². The standard InChI is InChI=1S/C20H18BrN3O8/c1-10(2)31-17-13(21)6-11(8-15(17)24(28)29)7-14-18(25)23(20(27)22-14)9-12-4-5-16(32-12)19(26)30-3/h4-8,10H,9H2,1-3H3,(H,22,27)/b14-7-. The van der Waals surface area contributed by atoms with Gasteiger partial charge in [0.2, 0.25) is 11.5 Å². The molecule has 0 atom stereocenters. The molecule has 0 bridgehead atoms. The number of rotatable bonds is 7. The monoisotopic (exact) mass is 507 g/mol. The van der Waals surface area contributed by atoms with E-state index in [0.29, 0.717) is 10.0 Å². The number of amides is 3. The number of nitrogens with one attached hydrogen (secondary N) is 1. The summed E-state index contributed by atoms with van der Waals surface area (Å²) in [4.78, 5) is 48.3.